The van der Waals surface area contributed by atoms with E-state index < -0.39 is 0 Å². The molecule has 1 nitrogen and oxygen atoms in total. The van der Waals surface area contributed by atoms with Crippen molar-refractivity contribution >= 4 is 0 Å². The molecule has 0 saturated heterocycles. The maximum atomic E-state index is 4.98. The minimum atomic E-state index is 0.873. The molecule has 0 spiro atoms. The van der Waals surface area contributed by atoms with Gasteiger partial charge in [0.2, 0.25) is 0 Å². The van der Waals surface area contributed by atoms with Crippen LogP contribution in [0.15, 0.2) is 36.4 Å². The van der Waals surface area contributed by atoms with Crippen molar-refractivity contribution in [2.45, 2.75) is 71.6 Å². The van der Waals surface area contributed by atoms with E-state index in [0.29, 0.717) is 0 Å². The summed E-state index contributed by atoms with van der Waals surface area (Å²) in [7, 11) is 0. The molecule has 0 saturated carbocycles. The van der Waals surface area contributed by atoms with Gasteiger partial charge >= 0.3 is 0 Å². The molecule has 0 radical (unpaired) electrons. The average molecular weight is 322 g/mol. The van der Waals surface area contributed by atoms with Crippen LogP contribution in [0.5, 0.6) is 0 Å². The Hall–Kier alpha value is -1.63. The Morgan fingerprint density at radius 2 is 1.79 bits per heavy atom. The molecular formula is C23H31N. The largest absolute Gasteiger partial charge is 0.253 e. The zero-order chi connectivity index (χ0) is 16.8. The highest BCUT2D eigenvalue weighted by Crippen LogP contribution is 2.29. The van der Waals surface area contributed by atoms with E-state index in [0.717, 1.165) is 18.0 Å². The number of unbranched alkanes of at least 4 members (excludes halogenated alkanes) is 2. The van der Waals surface area contributed by atoms with Crippen molar-refractivity contribution in [2.75, 3.05) is 0 Å². The van der Waals surface area contributed by atoms with E-state index in [9.17, 15) is 0 Å². The second kappa shape index (κ2) is 8.46. The van der Waals surface area contributed by atoms with E-state index in [-0.39, 0.29) is 0 Å². The van der Waals surface area contributed by atoms with E-state index in [4.69, 9.17) is 4.98 Å². The van der Waals surface area contributed by atoms with Gasteiger partial charge in [0.25, 0.3) is 0 Å². The molecule has 1 aliphatic carbocycles. The van der Waals surface area contributed by atoms with Crippen LogP contribution in [0.4, 0.5) is 0 Å². The first-order chi connectivity index (χ1) is 11.8. The van der Waals surface area contributed by atoms with Crippen LogP contribution < -0.4 is 0 Å². The number of rotatable bonds is 7. The molecule has 1 heterocycles. The molecule has 2 aromatic rings. The van der Waals surface area contributed by atoms with Crippen LogP contribution in [-0.2, 0) is 19.3 Å². The number of pyridine rings is 1. The first-order valence-electron chi connectivity index (χ1n) is 9.88. The molecular weight excluding hydrogens is 290 g/mol. The van der Waals surface area contributed by atoms with Gasteiger partial charge in [-0.3, -0.25) is 4.98 Å². The zero-order valence-corrected chi connectivity index (χ0v) is 15.4. The Morgan fingerprint density at radius 3 is 2.54 bits per heavy atom. The van der Waals surface area contributed by atoms with E-state index in [2.05, 4.69) is 50.2 Å². The van der Waals surface area contributed by atoms with E-state index >= 15 is 0 Å². The van der Waals surface area contributed by atoms with Gasteiger partial charge in [0, 0.05) is 11.3 Å². The lowest BCUT2D eigenvalue weighted by Gasteiger charge is -2.24. The molecule has 128 valence electrons. The number of aromatic nitrogens is 1. The van der Waals surface area contributed by atoms with Crippen molar-refractivity contribution in [3.05, 3.63) is 53.2 Å². The Balaban J connectivity index is 1.69. The maximum absolute atomic E-state index is 4.98. The minimum absolute atomic E-state index is 0.873. The lowest BCUT2D eigenvalue weighted by atomic mass is 9.84. The third-order valence-corrected chi connectivity index (χ3v) is 5.38. The lowest BCUT2D eigenvalue weighted by Crippen LogP contribution is -2.15. The lowest BCUT2D eigenvalue weighted by molar-refractivity contribution is 0.418. The summed E-state index contributed by atoms with van der Waals surface area (Å²) in [5.41, 5.74) is 6.68. The molecule has 0 fully saturated rings. The van der Waals surface area contributed by atoms with Crippen LogP contribution in [0.25, 0.3) is 11.3 Å². The van der Waals surface area contributed by atoms with Crippen molar-refractivity contribution < 1.29 is 0 Å². The first kappa shape index (κ1) is 17.2. The van der Waals surface area contributed by atoms with Crippen LogP contribution >= 0.6 is 0 Å². The Morgan fingerprint density at radius 1 is 0.958 bits per heavy atom. The molecule has 1 aliphatic rings. The summed E-state index contributed by atoms with van der Waals surface area (Å²) in [5.74, 6) is 0.873. The SMILES string of the molecule is CCCCCc1ccc(-c2ccc3c(n2)CCC(CCC)C3)cc1. The fraction of sp³-hybridized carbons (Fsp3) is 0.522. The van der Waals surface area contributed by atoms with Gasteiger partial charge in [0.15, 0.2) is 0 Å². The van der Waals surface area contributed by atoms with Crippen molar-refractivity contribution in [3.63, 3.8) is 0 Å². The van der Waals surface area contributed by atoms with Gasteiger partial charge in [-0.05, 0) is 55.2 Å². The standard InChI is InChI=1S/C23H31N/c1-3-5-6-8-18-9-12-20(13-10-18)22-16-14-21-17-19(7-4-2)11-15-23(21)24-22/h9-10,12-14,16,19H,3-8,11,15,17H2,1-2H3. The summed E-state index contributed by atoms with van der Waals surface area (Å²) in [5, 5.41) is 0. The molecule has 1 atom stereocenters. The van der Waals surface area contributed by atoms with Gasteiger partial charge in [-0.1, -0.05) is 69.9 Å². The number of fused-ring (bicyclic) bond motifs is 1. The van der Waals surface area contributed by atoms with E-state index in [1.165, 1.54) is 73.8 Å². The monoisotopic (exact) mass is 321 g/mol. The van der Waals surface area contributed by atoms with Gasteiger partial charge in [-0.25, -0.2) is 0 Å². The maximum Gasteiger partial charge on any atom is 0.0705 e. The summed E-state index contributed by atoms with van der Waals surface area (Å²) in [4.78, 5) is 4.98. The first-order valence-corrected chi connectivity index (χ1v) is 9.88. The minimum Gasteiger partial charge on any atom is -0.253 e. The van der Waals surface area contributed by atoms with Gasteiger partial charge in [-0.15, -0.1) is 0 Å². The fourth-order valence-electron chi connectivity index (χ4n) is 3.92. The molecule has 1 heteroatoms. The molecule has 1 aromatic carbocycles. The van der Waals surface area contributed by atoms with Gasteiger partial charge in [-0.2, -0.15) is 0 Å². The molecule has 0 bridgehead atoms. The van der Waals surface area contributed by atoms with Gasteiger partial charge in [0.05, 0.1) is 5.69 Å². The summed E-state index contributed by atoms with van der Waals surface area (Å²) in [6.07, 6.45) is 11.5. The molecule has 3 rings (SSSR count). The number of hydrogen-bond acceptors (Lipinski definition) is 1. The summed E-state index contributed by atoms with van der Waals surface area (Å²) < 4.78 is 0. The molecule has 1 unspecified atom stereocenters. The van der Waals surface area contributed by atoms with Crippen molar-refractivity contribution in [1.29, 1.82) is 0 Å². The van der Waals surface area contributed by atoms with E-state index in [1.54, 1.807) is 0 Å². The summed E-state index contributed by atoms with van der Waals surface area (Å²) in [6.45, 7) is 4.55. The van der Waals surface area contributed by atoms with E-state index in [1.807, 2.05) is 0 Å². The van der Waals surface area contributed by atoms with Gasteiger partial charge in [0.1, 0.15) is 0 Å². The normalized spacial score (nSPS) is 16.8. The Bertz CT molecular complexity index is 642. The smallest absolute Gasteiger partial charge is 0.0705 e. The number of nitrogens with zero attached hydrogens (tertiary/aromatic N) is 1. The number of hydrogen-bond donors (Lipinski definition) is 0. The van der Waals surface area contributed by atoms with Crippen molar-refractivity contribution in [1.82, 2.24) is 4.98 Å². The van der Waals surface area contributed by atoms with Crippen LogP contribution in [0.2, 0.25) is 0 Å². The Labute approximate surface area is 147 Å². The van der Waals surface area contributed by atoms with Crippen molar-refractivity contribution in [2.24, 2.45) is 5.92 Å². The summed E-state index contributed by atoms with van der Waals surface area (Å²) in [6, 6.07) is 13.6. The van der Waals surface area contributed by atoms with Crippen molar-refractivity contribution in [3.8, 4) is 11.3 Å². The number of aryl methyl sites for hydroxylation is 2. The fourth-order valence-corrected chi connectivity index (χ4v) is 3.92. The quantitative estimate of drug-likeness (QED) is 0.539. The predicted octanol–water partition coefficient (Wildman–Crippen LogP) is 6.39. The average Bonchev–Trinajstić information content (AvgIpc) is 2.62. The third-order valence-electron chi connectivity index (χ3n) is 5.38. The highest BCUT2D eigenvalue weighted by molar-refractivity contribution is 5.60. The molecule has 1 aromatic heterocycles. The van der Waals surface area contributed by atoms with Crippen LogP contribution in [0, 0.1) is 5.92 Å². The highest BCUT2D eigenvalue weighted by Gasteiger charge is 2.19. The number of benzene rings is 1. The van der Waals surface area contributed by atoms with Crippen LogP contribution in [0.3, 0.4) is 0 Å². The van der Waals surface area contributed by atoms with Gasteiger partial charge < -0.3 is 0 Å². The predicted molar refractivity (Wildman–Crippen MR) is 103 cm³/mol. The second-order valence-corrected chi connectivity index (χ2v) is 7.35. The molecule has 0 aliphatic heterocycles. The molecule has 0 amide bonds. The van der Waals surface area contributed by atoms with Crippen LogP contribution in [0.1, 0.15) is 69.2 Å². The second-order valence-electron chi connectivity index (χ2n) is 7.35. The highest BCUT2D eigenvalue weighted by atomic mass is 14.7. The van der Waals surface area contributed by atoms with Crippen LogP contribution in [-0.4, -0.2) is 4.98 Å². The third kappa shape index (κ3) is 4.26. The topological polar surface area (TPSA) is 12.9 Å². The Kier molecular flexibility index (Phi) is 6.07. The summed E-state index contributed by atoms with van der Waals surface area (Å²) >= 11 is 0. The molecule has 24 heavy (non-hydrogen) atoms. The molecule has 0 N–H and O–H groups in total. The zero-order valence-electron chi connectivity index (χ0n) is 15.4.